The summed E-state index contributed by atoms with van der Waals surface area (Å²) in [7, 11) is 1.96. The van der Waals surface area contributed by atoms with E-state index >= 15 is 0 Å². The summed E-state index contributed by atoms with van der Waals surface area (Å²) in [5.41, 5.74) is 2.94. The Morgan fingerprint density at radius 3 is 2.80 bits per heavy atom. The van der Waals surface area contributed by atoms with Gasteiger partial charge in [0.05, 0.1) is 0 Å². The van der Waals surface area contributed by atoms with Gasteiger partial charge in [0.1, 0.15) is 0 Å². The molecule has 0 saturated heterocycles. The van der Waals surface area contributed by atoms with Crippen molar-refractivity contribution in [1.82, 2.24) is 10.5 Å². The molecular weight excluding hydrogens is 254 g/mol. The first kappa shape index (κ1) is 13.4. The van der Waals surface area contributed by atoms with Crippen LogP contribution >= 0.6 is 0 Å². The van der Waals surface area contributed by atoms with Gasteiger partial charge < -0.3 is 0 Å². The van der Waals surface area contributed by atoms with Gasteiger partial charge in [-0.05, 0) is 31.1 Å². The minimum atomic E-state index is -0.245. The average Bonchev–Trinajstić information content (AvgIpc) is 3.11. The van der Waals surface area contributed by atoms with Crippen molar-refractivity contribution in [3.05, 3.63) is 24.3 Å². The molecule has 1 amide bonds. The topological polar surface area (TPSA) is 64.9 Å². The maximum atomic E-state index is 11.9. The molecule has 1 heterocycles. The highest BCUT2D eigenvalue weighted by Crippen LogP contribution is 2.57. The SMILES string of the molecule is CC1=NN(C)CC1[C@H]1[C@H](C(=O)NO)[C@@H]1C1C=CC=CC1. The molecule has 5 atom stereocenters. The molecule has 0 radical (unpaired) electrons. The monoisotopic (exact) mass is 275 g/mol. The standard InChI is InChI=1S/C15H21N3O2/c1-9-11(8-18(2)16-9)13-12(14(13)15(19)17-20)10-6-4-3-5-7-10/h3-6,10-14,20H,7-8H2,1-2H3,(H,17,19)/t10?,11?,12-,13-,14-/m1/s1. The van der Waals surface area contributed by atoms with Crippen molar-refractivity contribution in [1.29, 1.82) is 0 Å². The van der Waals surface area contributed by atoms with E-state index in [4.69, 9.17) is 5.21 Å². The Morgan fingerprint density at radius 1 is 1.45 bits per heavy atom. The zero-order valence-corrected chi connectivity index (χ0v) is 11.9. The minimum Gasteiger partial charge on any atom is -0.299 e. The van der Waals surface area contributed by atoms with Crippen molar-refractivity contribution in [3.63, 3.8) is 0 Å². The van der Waals surface area contributed by atoms with Gasteiger partial charge in [-0.3, -0.25) is 15.0 Å². The van der Waals surface area contributed by atoms with Crippen molar-refractivity contribution in [3.8, 4) is 0 Å². The highest BCUT2D eigenvalue weighted by atomic mass is 16.5. The van der Waals surface area contributed by atoms with Crippen molar-refractivity contribution in [2.45, 2.75) is 13.3 Å². The number of rotatable bonds is 3. The van der Waals surface area contributed by atoms with Crippen LogP contribution in [-0.4, -0.2) is 35.4 Å². The summed E-state index contributed by atoms with van der Waals surface area (Å²) in [6.07, 6.45) is 9.42. The Morgan fingerprint density at radius 2 is 2.25 bits per heavy atom. The van der Waals surface area contributed by atoms with Crippen LogP contribution in [0.4, 0.5) is 0 Å². The van der Waals surface area contributed by atoms with Gasteiger partial charge >= 0.3 is 0 Å². The number of nitrogens with zero attached hydrogens (tertiary/aromatic N) is 2. The van der Waals surface area contributed by atoms with Crippen molar-refractivity contribution < 1.29 is 10.0 Å². The van der Waals surface area contributed by atoms with Gasteiger partial charge in [-0.1, -0.05) is 24.3 Å². The molecule has 2 N–H and O–H groups in total. The third kappa shape index (κ3) is 2.16. The number of hydroxylamine groups is 1. The molecule has 2 unspecified atom stereocenters. The van der Waals surface area contributed by atoms with E-state index in [1.807, 2.05) is 30.5 Å². The summed E-state index contributed by atoms with van der Waals surface area (Å²) in [6, 6.07) is 0. The Kier molecular flexibility index (Phi) is 3.38. The van der Waals surface area contributed by atoms with Crippen LogP contribution in [0.2, 0.25) is 0 Å². The second-order valence-electron chi connectivity index (χ2n) is 6.06. The van der Waals surface area contributed by atoms with E-state index in [9.17, 15) is 4.79 Å². The Bertz CT molecular complexity index is 497. The van der Waals surface area contributed by atoms with Crippen LogP contribution in [0.1, 0.15) is 13.3 Å². The first-order valence-electron chi connectivity index (χ1n) is 7.17. The molecule has 0 aromatic rings. The summed E-state index contributed by atoms with van der Waals surface area (Å²) in [5, 5.41) is 15.4. The first-order chi connectivity index (χ1) is 9.63. The summed E-state index contributed by atoms with van der Waals surface area (Å²) >= 11 is 0. The quantitative estimate of drug-likeness (QED) is 0.605. The lowest BCUT2D eigenvalue weighted by Crippen LogP contribution is -2.25. The fourth-order valence-corrected chi connectivity index (χ4v) is 3.94. The van der Waals surface area contributed by atoms with Crippen LogP contribution in [0.15, 0.2) is 29.4 Å². The summed E-state index contributed by atoms with van der Waals surface area (Å²) in [4.78, 5) is 11.9. The number of carbonyl (C=O) groups is 1. The predicted octanol–water partition coefficient (Wildman–Crippen LogP) is 1.42. The molecule has 1 saturated carbocycles. The van der Waals surface area contributed by atoms with E-state index in [2.05, 4.69) is 23.3 Å². The summed E-state index contributed by atoms with van der Waals surface area (Å²) < 4.78 is 0. The van der Waals surface area contributed by atoms with Crippen LogP contribution in [0.3, 0.4) is 0 Å². The fraction of sp³-hybridized carbons (Fsp3) is 0.600. The predicted molar refractivity (Wildman–Crippen MR) is 76.0 cm³/mol. The highest BCUT2D eigenvalue weighted by Gasteiger charge is 2.61. The summed E-state index contributed by atoms with van der Waals surface area (Å²) in [6.45, 7) is 2.91. The van der Waals surface area contributed by atoms with Crippen LogP contribution in [-0.2, 0) is 4.79 Å². The zero-order chi connectivity index (χ0) is 14.3. The number of nitrogens with one attached hydrogen (secondary N) is 1. The van der Waals surface area contributed by atoms with E-state index in [-0.39, 0.29) is 17.7 Å². The van der Waals surface area contributed by atoms with Gasteiger partial charge in [-0.15, -0.1) is 0 Å². The smallest absolute Gasteiger partial charge is 0.247 e. The zero-order valence-electron chi connectivity index (χ0n) is 11.9. The lowest BCUT2D eigenvalue weighted by molar-refractivity contribution is -0.131. The summed E-state index contributed by atoms with van der Waals surface area (Å²) in [5.74, 6) is 0.979. The number of carbonyl (C=O) groups excluding carboxylic acids is 1. The normalized spacial score (nSPS) is 38.9. The van der Waals surface area contributed by atoms with Crippen molar-refractivity contribution >= 4 is 11.6 Å². The number of hydrazone groups is 1. The van der Waals surface area contributed by atoms with Crippen LogP contribution < -0.4 is 5.48 Å². The minimum absolute atomic E-state index is 0.0946. The van der Waals surface area contributed by atoms with Gasteiger partial charge in [0.25, 0.3) is 0 Å². The van der Waals surface area contributed by atoms with Gasteiger partial charge in [0.15, 0.2) is 0 Å². The maximum Gasteiger partial charge on any atom is 0.247 e. The van der Waals surface area contributed by atoms with Crippen LogP contribution in [0.25, 0.3) is 0 Å². The van der Waals surface area contributed by atoms with E-state index in [1.165, 1.54) is 0 Å². The van der Waals surface area contributed by atoms with Gasteiger partial charge in [0.2, 0.25) is 5.91 Å². The Hall–Kier alpha value is -1.62. The molecule has 108 valence electrons. The molecule has 1 aliphatic heterocycles. The lowest BCUT2D eigenvalue weighted by atomic mass is 9.90. The molecule has 0 spiro atoms. The second-order valence-corrected chi connectivity index (χ2v) is 6.06. The third-order valence-electron chi connectivity index (χ3n) is 4.84. The highest BCUT2D eigenvalue weighted by molar-refractivity contribution is 5.89. The fourth-order valence-electron chi connectivity index (χ4n) is 3.94. The van der Waals surface area contributed by atoms with E-state index in [0.29, 0.717) is 17.8 Å². The van der Waals surface area contributed by atoms with E-state index in [1.54, 1.807) is 0 Å². The molecule has 5 nitrogen and oxygen atoms in total. The first-order valence-corrected chi connectivity index (χ1v) is 7.17. The number of allylic oxidation sites excluding steroid dienone is 4. The molecule has 0 aromatic carbocycles. The molecule has 0 bridgehead atoms. The Labute approximate surface area is 119 Å². The maximum absolute atomic E-state index is 11.9. The largest absolute Gasteiger partial charge is 0.299 e. The number of hydrogen-bond donors (Lipinski definition) is 2. The molecular formula is C15H21N3O2. The molecule has 20 heavy (non-hydrogen) atoms. The van der Waals surface area contributed by atoms with Crippen molar-refractivity contribution in [2.24, 2.45) is 34.7 Å². The Balaban J connectivity index is 1.78. The molecule has 5 heteroatoms. The number of amides is 1. The third-order valence-corrected chi connectivity index (χ3v) is 4.84. The average molecular weight is 275 g/mol. The molecule has 0 aromatic heterocycles. The van der Waals surface area contributed by atoms with Crippen LogP contribution in [0, 0.1) is 29.6 Å². The van der Waals surface area contributed by atoms with Gasteiger partial charge in [-0.25, -0.2) is 5.48 Å². The molecule has 3 aliphatic rings. The van der Waals surface area contributed by atoms with Gasteiger partial charge in [-0.2, -0.15) is 5.10 Å². The molecule has 1 fully saturated rings. The van der Waals surface area contributed by atoms with Gasteiger partial charge in [0, 0.05) is 31.1 Å². The van der Waals surface area contributed by atoms with E-state index < -0.39 is 0 Å². The lowest BCUT2D eigenvalue weighted by Gasteiger charge is -2.15. The molecule has 2 aliphatic carbocycles. The van der Waals surface area contributed by atoms with Crippen LogP contribution in [0.5, 0.6) is 0 Å². The number of hydrogen-bond acceptors (Lipinski definition) is 4. The van der Waals surface area contributed by atoms with Crippen molar-refractivity contribution in [2.75, 3.05) is 13.6 Å². The second kappa shape index (κ2) is 5.05. The van der Waals surface area contributed by atoms with E-state index in [0.717, 1.165) is 18.7 Å². The molecule has 3 rings (SSSR count).